The molecule has 22 heavy (non-hydrogen) atoms. The summed E-state index contributed by atoms with van der Waals surface area (Å²) < 4.78 is 2.38. The Hall–Kier alpha value is -1.74. The fourth-order valence-corrected chi connectivity index (χ4v) is 3.53. The van der Waals surface area contributed by atoms with Crippen molar-refractivity contribution in [1.82, 2.24) is 9.55 Å². The average molecular weight is 310 g/mol. The van der Waals surface area contributed by atoms with Crippen molar-refractivity contribution in [2.45, 2.75) is 38.1 Å². The van der Waals surface area contributed by atoms with Gasteiger partial charge in [-0.3, -0.25) is 0 Å². The summed E-state index contributed by atoms with van der Waals surface area (Å²) >= 11 is 1.94. The van der Waals surface area contributed by atoms with Crippen molar-refractivity contribution in [1.29, 1.82) is 0 Å². The second kappa shape index (κ2) is 7.01. The van der Waals surface area contributed by atoms with Crippen molar-refractivity contribution < 1.29 is 0 Å². The Morgan fingerprint density at radius 2 is 1.82 bits per heavy atom. The quantitative estimate of drug-likeness (QED) is 0.466. The molecule has 0 fully saturated rings. The van der Waals surface area contributed by atoms with Crippen LogP contribution < -0.4 is 0 Å². The number of imidazole rings is 1. The second-order valence-electron chi connectivity index (χ2n) is 5.54. The molecule has 1 heterocycles. The first-order valence-electron chi connectivity index (χ1n) is 7.91. The van der Waals surface area contributed by atoms with E-state index in [0.29, 0.717) is 0 Å². The van der Waals surface area contributed by atoms with Gasteiger partial charge in [-0.15, -0.1) is 11.8 Å². The second-order valence-corrected chi connectivity index (χ2v) is 6.71. The molecule has 0 N–H and O–H groups in total. The van der Waals surface area contributed by atoms with Crippen LogP contribution in [-0.2, 0) is 13.0 Å². The molecule has 0 saturated carbocycles. The standard InChI is InChI=1S/C19H22N2S/c1-3-19-20-17-7-4-5-8-18(17)21(19)13-6-14-22-16-11-9-15(2)10-12-16/h4-5,7-12H,3,6,13-14H2,1-2H3. The van der Waals surface area contributed by atoms with Crippen molar-refractivity contribution in [3.05, 3.63) is 59.9 Å². The van der Waals surface area contributed by atoms with Crippen LogP contribution in [0.15, 0.2) is 53.4 Å². The smallest absolute Gasteiger partial charge is 0.109 e. The molecule has 2 aromatic carbocycles. The van der Waals surface area contributed by atoms with Gasteiger partial charge in [0, 0.05) is 17.9 Å². The van der Waals surface area contributed by atoms with Crippen LogP contribution in [0.2, 0.25) is 0 Å². The molecule has 0 unspecified atom stereocenters. The molecule has 2 nitrogen and oxygen atoms in total. The van der Waals surface area contributed by atoms with Gasteiger partial charge in [-0.1, -0.05) is 36.8 Å². The fraction of sp³-hybridized carbons (Fsp3) is 0.316. The van der Waals surface area contributed by atoms with Crippen molar-refractivity contribution in [3.8, 4) is 0 Å². The maximum Gasteiger partial charge on any atom is 0.109 e. The molecule has 0 saturated heterocycles. The monoisotopic (exact) mass is 310 g/mol. The van der Waals surface area contributed by atoms with Crippen LogP contribution >= 0.6 is 11.8 Å². The van der Waals surface area contributed by atoms with E-state index in [1.165, 1.54) is 21.8 Å². The minimum absolute atomic E-state index is 0.986. The van der Waals surface area contributed by atoms with Gasteiger partial charge >= 0.3 is 0 Å². The van der Waals surface area contributed by atoms with Crippen molar-refractivity contribution in [3.63, 3.8) is 0 Å². The molecular weight excluding hydrogens is 288 g/mol. The number of fused-ring (bicyclic) bond motifs is 1. The molecule has 0 aliphatic carbocycles. The SMILES string of the molecule is CCc1nc2ccccc2n1CCCSc1ccc(C)cc1. The van der Waals surface area contributed by atoms with Crippen LogP contribution in [0.25, 0.3) is 11.0 Å². The van der Waals surface area contributed by atoms with E-state index in [9.17, 15) is 0 Å². The Balaban J connectivity index is 1.63. The van der Waals surface area contributed by atoms with E-state index in [-0.39, 0.29) is 0 Å². The predicted molar refractivity (Wildman–Crippen MR) is 95.6 cm³/mol. The third-order valence-electron chi connectivity index (χ3n) is 3.87. The van der Waals surface area contributed by atoms with Gasteiger partial charge in [-0.2, -0.15) is 0 Å². The number of aromatic nitrogens is 2. The van der Waals surface area contributed by atoms with Gasteiger partial charge in [-0.05, 0) is 43.4 Å². The first-order valence-corrected chi connectivity index (χ1v) is 8.90. The highest BCUT2D eigenvalue weighted by molar-refractivity contribution is 7.99. The van der Waals surface area contributed by atoms with E-state index in [1.807, 2.05) is 11.8 Å². The molecular formula is C19H22N2S. The maximum atomic E-state index is 4.73. The normalized spacial score (nSPS) is 11.2. The Kier molecular flexibility index (Phi) is 4.84. The highest BCUT2D eigenvalue weighted by atomic mass is 32.2. The Labute approximate surface area is 136 Å². The molecule has 114 valence electrons. The zero-order valence-corrected chi connectivity index (χ0v) is 14.1. The predicted octanol–water partition coefficient (Wildman–Crippen LogP) is 5.09. The number of hydrogen-bond acceptors (Lipinski definition) is 2. The highest BCUT2D eigenvalue weighted by Crippen LogP contribution is 2.21. The minimum atomic E-state index is 0.986. The minimum Gasteiger partial charge on any atom is -0.328 e. The lowest BCUT2D eigenvalue weighted by Gasteiger charge is -2.08. The molecule has 3 rings (SSSR count). The van der Waals surface area contributed by atoms with Gasteiger partial charge in [0.05, 0.1) is 11.0 Å². The number of benzene rings is 2. The lowest BCUT2D eigenvalue weighted by molar-refractivity contribution is 0.664. The van der Waals surface area contributed by atoms with E-state index in [2.05, 4.69) is 66.9 Å². The van der Waals surface area contributed by atoms with E-state index in [0.717, 1.165) is 30.7 Å². The molecule has 0 amide bonds. The summed E-state index contributed by atoms with van der Waals surface area (Å²) in [7, 11) is 0. The van der Waals surface area contributed by atoms with E-state index in [4.69, 9.17) is 4.98 Å². The number of aryl methyl sites for hydroxylation is 3. The molecule has 3 aromatic rings. The Morgan fingerprint density at radius 3 is 2.59 bits per heavy atom. The molecule has 0 spiro atoms. The first-order chi connectivity index (χ1) is 10.8. The van der Waals surface area contributed by atoms with Crippen LogP contribution in [-0.4, -0.2) is 15.3 Å². The molecule has 0 radical (unpaired) electrons. The van der Waals surface area contributed by atoms with Gasteiger partial charge in [0.25, 0.3) is 0 Å². The topological polar surface area (TPSA) is 17.8 Å². The van der Waals surface area contributed by atoms with Crippen LogP contribution in [0.4, 0.5) is 0 Å². The van der Waals surface area contributed by atoms with Gasteiger partial charge in [-0.25, -0.2) is 4.98 Å². The summed E-state index contributed by atoms with van der Waals surface area (Å²) in [6, 6.07) is 17.2. The third-order valence-corrected chi connectivity index (χ3v) is 4.96. The van der Waals surface area contributed by atoms with Gasteiger partial charge < -0.3 is 4.57 Å². The summed E-state index contributed by atoms with van der Waals surface area (Å²) in [5.41, 5.74) is 3.70. The summed E-state index contributed by atoms with van der Waals surface area (Å²) in [5, 5.41) is 0. The van der Waals surface area contributed by atoms with Gasteiger partial charge in [0.1, 0.15) is 5.82 Å². The molecule has 0 aliphatic heterocycles. The number of rotatable bonds is 6. The summed E-state index contributed by atoms with van der Waals surface area (Å²) in [6.07, 6.45) is 2.14. The number of para-hydroxylation sites is 2. The van der Waals surface area contributed by atoms with Crippen molar-refractivity contribution >= 4 is 22.8 Å². The van der Waals surface area contributed by atoms with E-state index in [1.54, 1.807) is 0 Å². The first kappa shape index (κ1) is 15.2. The van der Waals surface area contributed by atoms with Gasteiger partial charge in [0.15, 0.2) is 0 Å². The van der Waals surface area contributed by atoms with Crippen LogP contribution in [0.1, 0.15) is 24.7 Å². The summed E-state index contributed by atoms with van der Waals surface area (Å²) in [5.74, 6) is 2.33. The Morgan fingerprint density at radius 1 is 1.05 bits per heavy atom. The maximum absolute atomic E-state index is 4.73. The zero-order valence-electron chi connectivity index (χ0n) is 13.2. The van der Waals surface area contributed by atoms with E-state index < -0.39 is 0 Å². The average Bonchev–Trinajstić information content (AvgIpc) is 2.91. The van der Waals surface area contributed by atoms with E-state index >= 15 is 0 Å². The lowest BCUT2D eigenvalue weighted by Crippen LogP contribution is -2.04. The van der Waals surface area contributed by atoms with Crippen molar-refractivity contribution in [2.75, 3.05) is 5.75 Å². The molecule has 0 atom stereocenters. The number of nitrogens with zero attached hydrogens (tertiary/aromatic N) is 2. The van der Waals surface area contributed by atoms with Crippen LogP contribution in [0.3, 0.4) is 0 Å². The van der Waals surface area contributed by atoms with Crippen LogP contribution in [0, 0.1) is 6.92 Å². The fourth-order valence-electron chi connectivity index (χ4n) is 2.69. The third kappa shape index (κ3) is 3.36. The largest absolute Gasteiger partial charge is 0.328 e. The van der Waals surface area contributed by atoms with Gasteiger partial charge in [0.2, 0.25) is 0 Å². The Bertz CT molecular complexity index is 744. The zero-order chi connectivity index (χ0) is 15.4. The molecule has 1 aromatic heterocycles. The number of thioether (sulfide) groups is 1. The molecule has 3 heteroatoms. The summed E-state index contributed by atoms with van der Waals surface area (Å²) in [4.78, 5) is 6.09. The van der Waals surface area contributed by atoms with Crippen molar-refractivity contribution in [2.24, 2.45) is 0 Å². The molecule has 0 bridgehead atoms. The lowest BCUT2D eigenvalue weighted by atomic mass is 10.2. The highest BCUT2D eigenvalue weighted by Gasteiger charge is 2.08. The van der Waals surface area contributed by atoms with Crippen LogP contribution in [0.5, 0.6) is 0 Å². The molecule has 0 aliphatic rings. The summed E-state index contributed by atoms with van der Waals surface area (Å²) in [6.45, 7) is 5.35. The number of hydrogen-bond donors (Lipinski definition) is 0.